The van der Waals surface area contributed by atoms with Crippen LogP contribution in [0.1, 0.15) is 24.4 Å². The van der Waals surface area contributed by atoms with E-state index in [4.69, 9.17) is 19.0 Å². The lowest BCUT2D eigenvalue weighted by Crippen LogP contribution is -1.99. The van der Waals surface area contributed by atoms with Gasteiger partial charge in [-0.1, -0.05) is 6.07 Å². The van der Waals surface area contributed by atoms with Gasteiger partial charge in [-0.05, 0) is 37.6 Å². The van der Waals surface area contributed by atoms with Gasteiger partial charge < -0.3 is 19.0 Å². The number of hydrogen-bond acceptors (Lipinski definition) is 4. The number of carbonyl (C=O) groups is 1. The lowest BCUT2D eigenvalue weighted by molar-refractivity contribution is 0.0663. The molecule has 20 heavy (non-hydrogen) atoms. The molecule has 0 aliphatic carbocycles. The Hall–Kier alpha value is -2.43. The van der Waals surface area contributed by atoms with Crippen molar-refractivity contribution in [3.8, 4) is 22.6 Å². The quantitative estimate of drug-likeness (QED) is 0.875. The molecule has 0 radical (unpaired) electrons. The molecular formula is C15H16O5. The third-order valence-electron chi connectivity index (χ3n) is 2.71. The smallest absolute Gasteiger partial charge is 0.372 e. The minimum atomic E-state index is -1.10. The molecule has 1 N–H and O–H groups in total. The molecule has 0 unspecified atom stereocenters. The van der Waals surface area contributed by atoms with E-state index in [1.165, 1.54) is 6.26 Å². The Morgan fingerprint density at radius 3 is 2.50 bits per heavy atom. The van der Waals surface area contributed by atoms with E-state index in [1.54, 1.807) is 24.3 Å². The molecule has 0 atom stereocenters. The van der Waals surface area contributed by atoms with Crippen molar-refractivity contribution in [2.24, 2.45) is 0 Å². The molecular weight excluding hydrogens is 260 g/mol. The number of benzene rings is 1. The molecule has 2 rings (SSSR count). The van der Waals surface area contributed by atoms with Crippen molar-refractivity contribution >= 4 is 5.97 Å². The second kappa shape index (κ2) is 6.14. The highest BCUT2D eigenvalue weighted by Crippen LogP contribution is 2.34. The summed E-state index contributed by atoms with van der Waals surface area (Å²) >= 11 is 0. The number of hydrogen-bond donors (Lipinski definition) is 1. The molecule has 0 saturated carbocycles. The molecule has 0 bridgehead atoms. The van der Waals surface area contributed by atoms with Crippen molar-refractivity contribution in [1.82, 2.24) is 0 Å². The van der Waals surface area contributed by atoms with Gasteiger partial charge in [0.25, 0.3) is 0 Å². The van der Waals surface area contributed by atoms with Crippen LogP contribution in [-0.4, -0.2) is 24.3 Å². The Morgan fingerprint density at radius 2 is 1.85 bits per heavy atom. The summed E-state index contributed by atoms with van der Waals surface area (Å²) in [5.41, 5.74) is 1.23. The average molecular weight is 276 g/mol. The van der Waals surface area contributed by atoms with Gasteiger partial charge in [0, 0.05) is 5.56 Å². The molecule has 1 aromatic heterocycles. The molecule has 106 valence electrons. The molecule has 2 aromatic rings. The fourth-order valence-electron chi connectivity index (χ4n) is 1.92. The lowest BCUT2D eigenvalue weighted by atomic mass is 10.1. The fraction of sp³-hybridized carbons (Fsp3) is 0.267. The Morgan fingerprint density at radius 1 is 1.15 bits per heavy atom. The summed E-state index contributed by atoms with van der Waals surface area (Å²) in [5, 5.41) is 9.08. The lowest BCUT2D eigenvalue weighted by Gasteiger charge is -2.12. The van der Waals surface area contributed by atoms with Crippen LogP contribution in [0.25, 0.3) is 11.1 Å². The Labute approximate surface area is 116 Å². The number of aromatic carboxylic acids is 1. The van der Waals surface area contributed by atoms with E-state index in [-0.39, 0.29) is 5.76 Å². The van der Waals surface area contributed by atoms with E-state index in [0.717, 1.165) is 0 Å². The molecule has 0 spiro atoms. The van der Waals surface area contributed by atoms with Gasteiger partial charge in [-0.3, -0.25) is 0 Å². The zero-order chi connectivity index (χ0) is 14.5. The standard InChI is InChI=1S/C15H16O5/c1-3-18-12-6-5-10(9-13(12)19-4-2)11-7-8-20-14(11)15(16)17/h5-9H,3-4H2,1-2H3,(H,16,17). The molecule has 1 aromatic carbocycles. The van der Waals surface area contributed by atoms with Gasteiger partial charge in [-0.25, -0.2) is 4.79 Å². The van der Waals surface area contributed by atoms with Crippen molar-refractivity contribution in [3.05, 3.63) is 36.3 Å². The van der Waals surface area contributed by atoms with Crippen LogP contribution in [0.4, 0.5) is 0 Å². The first-order chi connectivity index (χ1) is 9.67. The minimum absolute atomic E-state index is 0.0865. The third-order valence-corrected chi connectivity index (χ3v) is 2.71. The summed E-state index contributed by atoms with van der Waals surface area (Å²) in [5.74, 6) is 0.0383. The summed E-state index contributed by atoms with van der Waals surface area (Å²) in [7, 11) is 0. The highest BCUT2D eigenvalue weighted by atomic mass is 16.5. The highest BCUT2D eigenvalue weighted by molar-refractivity contribution is 5.93. The topological polar surface area (TPSA) is 68.9 Å². The zero-order valence-electron chi connectivity index (χ0n) is 11.4. The van der Waals surface area contributed by atoms with Crippen LogP contribution >= 0.6 is 0 Å². The number of carboxylic acids is 1. The van der Waals surface area contributed by atoms with E-state index in [0.29, 0.717) is 35.8 Å². The summed E-state index contributed by atoms with van der Waals surface area (Å²) in [6, 6.07) is 6.92. The average Bonchev–Trinajstić information content (AvgIpc) is 2.91. The van der Waals surface area contributed by atoms with E-state index >= 15 is 0 Å². The minimum Gasteiger partial charge on any atom is -0.490 e. The molecule has 0 saturated heterocycles. The molecule has 0 aliphatic rings. The first-order valence-electron chi connectivity index (χ1n) is 6.38. The number of rotatable bonds is 6. The van der Waals surface area contributed by atoms with Gasteiger partial charge in [0.15, 0.2) is 11.5 Å². The first-order valence-corrected chi connectivity index (χ1v) is 6.38. The van der Waals surface area contributed by atoms with E-state index in [2.05, 4.69) is 0 Å². The van der Waals surface area contributed by atoms with E-state index < -0.39 is 5.97 Å². The third kappa shape index (κ3) is 2.77. The van der Waals surface area contributed by atoms with Gasteiger partial charge in [-0.15, -0.1) is 0 Å². The summed E-state index contributed by atoms with van der Waals surface area (Å²) in [6.45, 7) is 4.80. The summed E-state index contributed by atoms with van der Waals surface area (Å²) in [4.78, 5) is 11.1. The van der Waals surface area contributed by atoms with Crippen molar-refractivity contribution in [2.45, 2.75) is 13.8 Å². The van der Waals surface area contributed by atoms with Crippen LogP contribution in [0.2, 0.25) is 0 Å². The SMILES string of the molecule is CCOc1ccc(-c2ccoc2C(=O)O)cc1OCC. The van der Waals surface area contributed by atoms with Crippen LogP contribution in [0.3, 0.4) is 0 Å². The molecule has 0 fully saturated rings. The van der Waals surface area contributed by atoms with Crippen molar-refractivity contribution in [1.29, 1.82) is 0 Å². The fourth-order valence-corrected chi connectivity index (χ4v) is 1.92. The number of ether oxygens (including phenoxy) is 2. The van der Waals surface area contributed by atoms with Gasteiger partial charge >= 0.3 is 5.97 Å². The highest BCUT2D eigenvalue weighted by Gasteiger charge is 2.17. The van der Waals surface area contributed by atoms with Crippen LogP contribution in [-0.2, 0) is 0 Å². The summed E-state index contributed by atoms with van der Waals surface area (Å²) < 4.78 is 16.0. The van der Waals surface area contributed by atoms with E-state index in [9.17, 15) is 4.79 Å². The van der Waals surface area contributed by atoms with Crippen molar-refractivity contribution in [3.63, 3.8) is 0 Å². The predicted molar refractivity (Wildman–Crippen MR) is 73.4 cm³/mol. The molecule has 0 aliphatic heterocycles. The largest absolute Gasteiger partial charge is 0.490 e. The van der Waals surface area contributed by atoms with Gasteiger partial charge in [-0.2, -0.15) is 0 Å². The molecule has 5 heteroatoms. The summed E-state index contributed by atoms with van der Waals surface area (Å²) in [6.07, 6.45) is 1.36. The maximum Gasteiger partial charge on any atom is 0.372 e. The maximum atomic E-state index is 11.1. The predicted octanol–water partition coefficient (Wildman–Crippen LogP) is 3.44. The molecule has 1 heterocycles. The second-order valence-electron chi connectivity index (χ2n) is 4.00. The molecule has 0 amide bonds. The normalized spacial score (nSPS) is 10.3. The number of furan rings is 1. The zero-order valence-corrected chi connectivity index (χ0v) is 11.4. The van der Waals surface area contributed by atoms with Crippen LogP contribution in [0, 0.1) is 0 Å². The molecule has 5 nitrogen and oxygen atoms in total. The first kappa shape index (κ1) is 14.0. The Kier molecular flexibility index (Phi) is 4.30. The van der Waals surface area contributed by atoms with Crippen molar-refractivity contribution < 1.29 is 23.8 Å². The van der Waals surface area contributed by atoms with Crippen LogP contribution < -0.4 is 9.47 Å². The number of carboxylic acid groups (broad SMARTS) is 1. The monoisotopic (exact) mass is 276 g/mol. The Balaban J connectivity index is 2.44. The van der Waals surface area contributed by atoms with Gasteiger partial charge in [0.2, 0.25) is 5.76 Å². The maximum absolute atomic E-state index is 11.1. The van der Waals surface area contributed by atoms with Gasteiger partial charge in [0.05, 0.1) is 19.5 Å². The van der Waals surface area contributed by atoms with Gasteiger partial charge in [0.1, 0.15) is 0 Å². The van der Waals surface area contributed by atoms with E-state index in [1.807, 2.05) is 13.8 Å². The second-order valence-corrected chi connectivity index (χ2v) is 4.00. The Bertz CT molecular complexity index is 600. The van der Waals surface area contributed by atoms with Crippen LogP contribution in [0.5, 0.6) is 11.5 Å². The van der Waals surface area contributed by atoms with Crippen LogP contribution in [0.15, 0.2) is 34.9 Å². The van der Waals surface area contributed by atoms with Crippen molar-refractivity contribution in [2.75, 3.05) is 13.2 Å².